The minimum atomic E-state index is -0.429. The van der Waals surface area contributed by atoms with Gasteiger partial charge in [0.15, 0.2) is 5.78 Å². The fraction of sp³-hybridized carbons (Fsp3) is 0. The maximum absolute atomic E-state index is 13.5. The molecular weight excluding hydrogens is 215 g/mol. The molecule has 0 fully saturated rings. The average Bonchev–Trinajstić information content (AvgIpc) is 2.39. The molecule has 0 aromatic heterocycles. The Labute approximate surface area is 99.2 Å². The van der Waals surface area contributed by atoms with E-state index in [1.54, 1.807) is 42.5 Å². The lowest BCUT2D eigenvalue weighted by molar-refractivity contribution is 0.105. The summed E-state index contributed by atoms with van der Waals surface area (Å²) in [7, 11) is 0. The molecule has 0 radical (unpaired) electrons. The zero-order valence-corrected chi connectivity index (χ0v) is 9.19. The largest absolute Gasteiger partial charge is 0.289 e. The van der Waals surface area contributed by atoms with Crippen LogP contribution in [0.25, 0.3) is 5.57 Å². The number of ketones is 1. The number of Topliss-reactive ketones (excluding diaryl/α,β-unsaturated/α-hetero) is 1. The second-order valence-electron chi connectivity index (χ2n) is 3.65. The minimum absolute atomic E-state index is 0.175. The topological polar surface area (TPSA) is 17.1 Å². The summed E-state index contributed by atoms with van der Waals surface area (Å²) in [6.07, 6.45) is 0. The number of hydrogen-bond donors (Lipinski definition) is 0. The Bertz CT molecular complexity index is 558. The van der Waals surface area contributed by atoms with Crippen LogP contribution in [0.15, 0.2) is 61.2 Å². The first-order valence-corrected chi connectivity index (χ1v) is 5.23. The predicted octanol–water partition coefficient (Wildman–Crippen LogP) is 3.72. The molecule has 1 nitrogen and oxygen atoms in total. The van der Waals surface area contributed by atoms with Gasteiger partial charge in [-0.3, -0.25) is 4.79 Å². The fourth-order valence-electron chi connectivity index (χ4n) is 1.59. The van der Waals surface area contributed by atoms with Gasteiger partial charge in [0.1, 0.15) is 5.82 Å². The Balaban J connectivity index is 2.34. The summed E-state index contributed by atoms with van der Waals surface area (Å²) < 4.78 is 13.5. The molecule has 0 heterocycles. The molecule has 0 N–H and O–H groups in total. The third kappa shape index (κ3) is 2.31. The highest BCUT2D eigenvalue weighted by Gasteiger charge is 2.14. The third-order valence-electron chi connectivity index (χ3n) is 2.51. The number of benzene rings is 2. The minimum Gasteiger partial charge on any atom is -0.289 e. The highest BCUT2D eigenvalue weighted by molar-refractivity contribution is 6.28. The van der Waals surface area contributed by atoms with Crippen molar-refractivity contribution in [3.05, 3.63) is 78.1 Å². The Morgan fingerprint density at radius 2 is 1.53 bits per heavy atom. The molecule has 2 aromatic rings. The van der Waals surface area contributed by atoms with Crippen molar-refractivity contribution in [2.75, 3.05) is 0 Å². The van der Waals surface area contributed by atoms with E-state index in [-0.39, 0.29) is 16.9 Å². The van der Waals surface area contributed by atoms with Crippen LogP contribution < -0.4 is 0 Å². The van der Waals surface area contributed by atoms with Gasteiger partial charge < -0.3 is 0 Å². The Hall–Kier alpha value is -2.22. The molecule has 2 heteroatoms. The first-order chi connectivity index (χ1) is 8.20. The zero-order chi connectivity index (χ0) is 12.3. The third-order valence-corrected chi connectivity index (χ3v) is 2.51. The lowest BCUT2D eigenvalue weighted by Gasteiger charge is -2.06. The van der Waals surface area contributed by atoms with Crippen LogP contribution in [0.4, 0.5) is 4.39 Å². The second kappa shape index (κ2) is 4.74. The average molecular weight is 226 g/mol. The number of rotatable bonds is 3. The van der Waals surface area contributed by atoms with Gasteiger partial charge in [0.2, 0.25) is 0 Å². The molecule has 84 valence electrons. The van der Waals surface area contributed by atoms with Gasteiger partial charge >= 0.3 is 0 Å². The van der Waals surface area contributed by atoms with E-state index >= 15 is 0 Å². The highest BCUT2D eigenvalue weighted by atomic mass is 19.1. The van der Waals surface area contributed by atoms with Gasteiger partial charge in [0.05, 0.1) is 0 Å². The van der Waals surface area contributed by atoms with Gasteiger partial charge in [-0.15, -0.1) is 0 Å². The molecular formula is C15H11FO. The van der Waals surface area contributed by atoms with Crippen LogP contribution in [0.5, 0.6) is 0 Å². The monoisotopic (exact) mass is 226 g/mol. The van der Waals surface area contributed by atoms with Gasteiger partial charge in [-0.2, -0.15) is 0 Å². The molecule has 0 atom stereocenters. The standard InChI is InChI=1S/C15H11FO/c1-11(13-9-5-6-10-14(13)16)15(17)12-7-3-2-4-8-12/h2-10H,1H2. The van der Waals surface area contributed by atoms with Crippen molar-refractivity contribution in [1.29, 1.82) is 0 Å². The highest BCUT2D eigenvalue weighted by Crippen LogP contribution is 2.20. The molecule has 17 heavy (non-hydrogen) atoms. The lowest BCUT2D eigenvalue weighted by Crippen LogP contribution is -2.02. The van der Waals surface area contributed by atoms with E-state index in [2.05, 4.69) is 6.58 Å². The van der Waals surface area contributed by atoms with E-state index < -0.39 is 5.82 Å². The summed E-state index contributed by atoms with van der Waals surface area (Å²) in [5, 5.41) is 0. The summed E-state index contributed by atoms with van der Waals surface area (Å²) in [5.41, 5.74) is 0.941. The maximum atomic E-state index is 13.5. The van der Waals surface area contributed by atoms with E-state index in [1.165, 1.54) is 6.07 Å². The Morgan fingerprint density at radius 1 is 0.941 bits per heavy atom. The summed E-state index contributed by atoms with van der Waals surface area (Å²) in [4.78, 5) is 12.0. The normalized spacial score (nSPS) is 9.94. The summed E-state index contributed by atoms with van der Waals surface area (Å²) in [6, 6.07) is 14.9. The second-order valence-corrected chi connectivity index (χ2v) is 3.65. The van der Waals surface area contributed by atoms with Crippen molar-refractivity contribution >= 4 is 11.4 Å². The zero-order valence-electron chi connectivity index (χ0n) is 9.19. The van der Waals surface area contributed by atoms with Gasteiger partial charge in [0.25, 0.3) is 0 Å². The number of halogens is 1. The number of carbonyl (C=O) groups excluding carboxylic acids is 1. The number of carbonyl (C=O) groups is 1. The Morgan fingerprint density at radius 3 is 2.18 bits per heavy atom. The van der Waals surface area contributed by atoms with Crippen LogP contribution in [0.2, 0.25) is 0 Å². The van der Waals surface area contributed by atoms with E-state index in [4.69, 9.17) is 0 Å². The lowest BCUT2D eigenvalue weighted by atomic mass is 9.98. The summed E-state index contributed by atoms with van der Waals surface area (Å²) >= 11 is 0. The quantitative estimate of drug-likeness (QED) is 0.575. The van der Waals surface area contributed by atoms with Crippen molar-refractivity contribution in [3.8, 4) is 0 Å². The molecule has 2 rings (SSSR count). The molecule has 0 saturated carbocycles. The summed E-state index contributed by atoms with van der Waals surface area (Å²) in [6.45, 7) is 3.67. The van der Waals surface area contributed by atoms with Crippen molar-refractivity contribution in [3.63, 3.8) is 0 Å². The molecule has 0 amide bonds. The molecule has 0 aliphatic heterocycles. The number of hydrogen-bond acceptors (Lipinski definition) is 1. The van der Waals surface area contributed by atoms with Crippen LogP contribution in [0.3, 0.4) is 0 Å². The van der Waals surface area contributed by atoms with Crippen molar-refractivity contribution in [1.82, 2.24) is 0 Å². The van der Waals surface area contributed by atoms with Crippen LogP contribution in [-0.2, 0) is 0 Å². The molecule has 0 saturated heterocycles. The van der Waals surface area contributed by atoms with Gasteiger partial charge in [-0.25, -0.2) is 4.39 Å². The molecule has 0 aliphatic carbocycles. The van der Waals surface area contributed by atoms with Gasteiger partial charge in [-0.05, 0) is 6.07 Å². The molecule has 0 aliphatic rings. The SMILES string of the molecule is C=C(C(=O)c1ccccc1)c1ccccc1F. The first kappa shape index (κ1) is 11.3. The Kier molecular flexibility index (Phi) is 3.15. The molecule has 2 aromatic carbocycles. The molecule has 0 unspecified atom stereocenters. The van der Waals surface area contributed by atoms with Crippen LogP contribution in [-0.4, -0.2) is 5.78 Å². The molecule has 0 spiro atoms. The predicted molar refractivity (Wildman–Crippen MR) is 66.2 cm³/mol. The van der Waals surface area contributed by atoms with Gasteiger partial charge in [0, 0.05) is 16.7 Å². The summed E-state index contributed by atoms with van der Waals surface area (Å²) in [5.74, 6) is -0.683. The van der Waals surface area contributed by atoms with Crippen molar-refractivity contribution < 1.29 is 9.18 Å². The maximum Gasteiger partial charge on any atom is 0.193 e. The van der Waals surface area contributed by atoms with E-state index in [1.807, 2.05) is 6.07 Å². The smallest absolute Gasteiger partial charge is 0.193 e. The van der Waals surface area contributed by atoms with Crippen molar-refractivity contribution in [2.45, 2.75) is 0 Å². The molecule has 0 bridgehead atoms. The van der Waals surface area contributed by atoms with Gasteiger partial charge in [-0.1, -0.05) is 55.1 Å². The van der Waals surface area contributed by atoms with Crippen LogP contribution >= 0.6 is 0 Å². The fourth-order valence-corrected chi connectivity index (χ4v) is 1.59. The van der Waals surface area contributed by atoms with Crippen LogP contribution in [0.1, 0.15) is 15.9 Å². The van der Waals surface area contributed by atoms with E-state index in [0.29, 0.717) is 5.56 Å². The first-order valence-electron chi connectivity index (χ1n) is 5.23. The van der Waals surface area contributed by atoms with E-state index in [9.17, 15) is 9.18 Å². The van der Waals surface area contributed by atoms with E-state index in [0.717, 1.165) is 0 Å². The van der Waals surface area contributed by atoms with Crippen molar-refractivity contribution in [2.24, 2.45) is 0 Å². The van der Waals surface area contributed by atoms with Crippen LogP contribution in [0, 0.1) is 5.82 Å². The number of allylic oxidation sites excluding steroid dienone is 1.